The van der Waals surface area contributed by atoms with E-state index in [1.807, 2.05) is 18.7 Å². The lowest BCUT2D eigenvalue weighted by Gasteiger charge is -2.22. The van der Waals surface area contributed by atoms with Gasteiger partial charge in [0, 0.05) is 6.54 Å². The van der Waals surface area contributed by atoms with Crippen LogP contribution in [0.3, 0.4) is 0 Å². The first-order chi connectivity index (χ1) is 6.32. The van der Waals surface area contributed by atoms with Crippen molar-refractivity contribution in [2.75, 3.05) is 19.6 Å². The summed E-state index contributed by atoms with van der Waals surface area (Å²) in [6, 6.07) is 0. The molecular formula is C8H13Cl4NO. The minimum absolute atomic E-state index is 0.404. The zero-order valence-electron chi connectivity index (χ0n) is 8.07. The molecule has 0 rings (SSSR count). The fourth-order valence-electron chi connectivity index (χ4n) is 0.969. The number of Topliss-reactive ketones (excluding diaryl/α,β-unsaturated/α-hetero) is 1. The molecule has 0 aromatic carbocycles. The molecule has 14 heavy (non-hydrogen) atoms. The van der Waals surface area contributed by atoms with E-state index in [1.54, 1.807) is 0 Å². The van der Waals surface area contributed by atoms with Crippen molar-refractivity contribution in [2.45, 2.75) is 23.0 Å². The van der Waals surface area contributed by atoms with E-state index in [9.17, 15) is 4.79 Å². The highest BCUT2D eigenvalue weighted by Crippen LogP contribution is 2.29. The second-order valence-electron chi connectivity index (χ2n) is 2.82. The Hall–Kier alpha value is 0.790. The molecule has 2 nitrogen and oxygen atoms in total. The summed E-state index contributed by atoms with van der Waals surface area (Å²) in [5, 5.41) is -0.776. The Balaban J connectivity index is 4.20. The average Bonchev–Trinajstić information content (AvgIpc) is 2.11. The van der Waals surface area contributed by atoms with Gasteiger partial charge in [-0.05, 0) is 13.1 Å². The van der Waals surface area contributed by atoms with Crippen LogP contribution in [0.1, 0.15) is 13.8 Å². The molecule has 0 radical (unpaired) electrons. The first-order valence-corrected chi connectivity index (χ1v) is 5.87. The van der Waals surface area contributed by atoms with Gasteiger partial charge in [0.2, 0.25) is 9.58 Å². The van der Waals surface area contributed by atoms with Crippen molar-refractivity contribution in [3.63, 3.8) is 0 Å². The van der Waals surface area contributed by atoms with Crippen molar-refractivity contribution in [1.29, 1.82) is 0 Å². The van der Waals surface area contributed by atoms with Crippen LogP contribution < -0.4 is 0 Å². The van der Waals surface area contributed by atoms with Gasteiger partial charge in [0.1, 0.15) is 5.38 Å². The summed E-state index contributed by atoms with van der Waals surface area (Å²) in [5.74, 6) is -0.573. The van der Waals surface area contributed by atoms with Crippen LogP contribution in [0.5, 0.6) is 0 Å². The van der Waals surface area contributed by atoms with Crippen molar-refractivity contribution in [2.24, 2.45) is 0 Å². The lowest BCUT2D eigenvalue weighted by Crippen LogP contribution is -2.38. The smallest absolute Gasteiger partial charge is 0.250 e. The van der Waals surface area contributed by atoms with E-state index in [1.165, 1.54) is 0 Å². The summed E-state index contributed by atoms with van der Waals surface area (Å²) < 4.78 is -1.92. The molecule has 0 aromatic heterocycles. The number of nitrogens with zero attached hydrogens (tertiary/aromatic N) is 1. The van der Waals surface area contributed by atoms with E-state index < -0.39 is 15.0 Å². The summed E-state index contributed by atoms with van der Waals surface area (Å²) in [7, 11) is 0. The molecule has 0 aromatic rings. The fraction of sp³-hybridized carbons (Fsp3) is 0.875. The highest BCUT2D eigenvalue weighted by Gasteiger charge is 2.36. The van der Waals surface area contributed by atoms with Crippen molar-refractivity contribution in [3.8, 4) is 0 Å². The first-order valence-electron chi connectivity index (χ1n) is 4.30. The van der Waals surface area contributed by atoms with Gasteiger partial charge in [-0.15, -0.1) is 11.6 Å². The van der Waals surface area contributed by atoms with Crippen LogP contribution >= 0.6 is 46.4 Å². The quantitative estimate of drug-likeness (QED) is 0.722. The van der Waals surface area contributed by atoms with E-state index in [2.05, 4.69) is 0 Å². The monoisotopic (exact) mass is 279 g/mol. The minimum Gasteiger partial charge on any atom is -0.302 e. The molecule has 0 amide bonds. The van der Waals surface area contributed by atoms with Crippen LogP contribution in [0.25, 0.3) is 0 Å². The zero-order valence-corrected chi connectivity index (χ0v) is 11.1. The van der Waals surface area contributed by atoms with Crippen LogP contribution in [0.2, 0.25) is 0 Å². The summed E-state index contributed by atoms with van der Waals surface area (Å²) in [4.78, 5) is 13.4. The molecular weight excluding hydrogens is 268 g/mol. The number of carbonyl (C=O) groups is 1. The number of carbonyl (C=O) groups excluding carboxylic acids is 1. The number of rotatable bonds is 5. The maximum absolute atomic E-state index is 11.4. The third-order valence-corrected chi connectivity index (χ3v) is 2.77. The number of alkyl halides is 4. The molecule has 1 atom stereocenters. The van der Waals surface area contributed by atoms with E-state index in [-0.39, 0.29) is 0 Å². The molecule has 0 aliphatic heterocycles. The molecule has 0 bridgehead atoms. The Morgan fingerprint density at radius 3 is 2.00 bits per heavy atom. The highest BCUT2D eigenvalue weighted by atomic mass is 35.6. The van der Waals surface area contributed by atoms with Crippen LogP contribution in [0.4, 0.5) is 0 Å². The van der Waals surface area contributed by atoms with Gasteiger partial charge < -0.3 is 4.90 Å². The topological polar surface area (TPSA) is 20.3 Å². The molecule has 0 saturated heterocycles. The number of hydrogen-bond donors (Lipinski definition) is 0. The molecule has 0 fully saturated rings. The number of halogens is 4. The fourth-order valence-corrected chi connectivity index (χ4v) is 1.89. The minimum atomic E-state index is -1.92. The number of hydrogen-bond acceptors (Lipinski definition) is 2. The van der Waals surface area contributed by atoms with Crippen LogP contribution in [-0.4, -0.2) is 39.5 Å². The molecule has 0 aliphatic rings. The van der Waals surface area contributed by atoms with E-state index in [4.69, 9.17) is 46.4 Å². The standard InChI is InChI=1S/C8H13Cl4NO/c1-3-13(4-2)5-6(9)7(14)8(10,11)12/h6H,3-5H2,1-2H3. The summed E-state index contributed by atoms with van der Waals surface area (Å²) in [5.41, 5.74) is 0. The maximum atomic E-state index is 11.4. The molecule has 1 unspecified atom stereocenters. The molecule has 84 valence electrons. The van der Waals surface area contributed by atoms with Gasteiger partial charge in [0.15, 0.2) is 0 Å². The summed E-state index contributed by atoms with van der Waals surface area (Å²) >= 11 is 22.1. The van der Waals surface area contributed by atoms with Gasteiger partial charge in [0.25, 0.3) is 0 Å². The van der Waals surface area contributed by atoms with Crippen LogP contribution in [-0.2, 0) is 4.79 Å². The molecule has 0 heterocycles. The third-order valence-electron chi connectivity index (χ3n) is 1.88. The second-order valence-corrected chi connectivity index (χ2v) is 5.62. The molecule has 6 heteroatoms. The first kappa shape index (κ1) is 14.8. The van der Waals surface area contributed by atoms with E-state index >= 15 is 0 Å². The zero-order chi connectivity index (χ0) is 11.4. The summed E-state index contributed by atoms with van der Waals surface area (Å²) in [6.45, 7) is 5.99. The predicted molar refractivity (Wildman–Crippen MR) is 62.7 cm³/mol. The lowest BCUT2D eigenvalue weighted by atomic mass is 10.3. The Morgan fingerprint density at radius 1 is 1.29 bits per heavy atom. The Kier molecular flexibility index (Phi) is 6.75. The highest BCUT2D eigenvalue weighted by molar-refractivity contribution is 6.77. The van der Waals surface area contributed by atoms with Crippen molar-refractivity contribution in [1.82, 2.24) is 4.90 Å². The largest absolute Gasteiger partial charge is 0.302 e. The van der Waals surface area contributed by atoms with Gasteiger partial charge in [-0.3, -0.25) is 4.79 Å². The summed E-state index contributed by atoms with van der Waals surface area (Å²) in [6.07, 6.45) is 0. The van der Waals surface area contributed by atoms with E-state index in [0.29, 0.717) is 6.54 Å². The molecule has 0 N–H and O–H groups in total. The van der Waals surface area contributed by atoms with Crippen LogP contribution in [0, 0.1) is 0 Å². The third kappa shape index (κ3) is 5.04. The van der Waals surface area contributed by atoms with Crippen molar-refractivity contribution < 1.29 is 4.79 Å². The molecule has 0 saturated carbocycles. The van der Waals surface area contributed by atoms with Gasteiger partial charge >= 0.3 is 0 Å². The Morgan fingerprint density at radius 2 is 1.71 bits per heavy atom. The normalized spacial score (nSPS) is 14.5. The van der Waals surface area contributed by atoms with Crippen LogP contribution in [0.15, 0.2) is 0 Å². The van der Waals surface area contributed by atoms with E-state index in [0.717, 1.165) is 13.1 Å². The average molecular weight is 281 g/mol. The maximum Gasteiger partial charge on any atom is 0.250 e. The lowest BCUT2D eigenvalue weighted by molar-refractivity contribution is -0.118. The Bertz CT molecular complexity index is 188. The molecule has 0 spiro atoms. The van der Waals surface area contributed by atoms with Crippen molar-refractivity contribution >= 4 is 52.2 Å². The van der Waals surface area contributed by atoms with Gasteiger partial charge in [-0.25, -0.2) is 0 Å². The van der Waals surface area contributed by atoms with Gasteiger partial charge in [0.05, 0.1) is 0 Å². The van der Waals surface area contributed by atoms with Gasteiger partial charge in [-0.1, -0.05) is 48.7 Å². The SMILES string of the molecule is CCN(CC)CC(Cl)C(=O)C(Cl)(Cl)Cl. The number of ketones is 1. The predicted octanol–water partition coefficient (Wildman–Crippen LogP) is 2.87. The second kappa shape index (κ2) is 6.39. The van der Waals surface area contributed by atoms with Gasteiger partial charge in [-0.2, -0.15) is 0 Å². The van der Waals surface area contributed by atoms with Crippen molar-refractivity contribution in [3.05, 3.63) is 0 Å². The Labute approximate surface area is 104 Å². The molecule has 0 aliphatic carbocycles.